The van der Waals surface area contributed by atoms with Crippen LogP contribution >= 0.6 is 0 Å². The summed E-state index contributed by atoms with van der Waals surface area (Å²) in [4.78, 5) is 18.7. The maximum Gasteiger partial charge on any atom is 0.262 e. The Morgan fingerprint density at radius 1 is 1.57 bits per heavy atom. The topological polar surface area (TPSA) is 81.6 Å². The molecule has 0 saturated carbocycles. The Kier molecular flexibility index (Phi) is 8.62. The number of nitrogens with one attached hydrogen (secondary N) is 2. The van der Waals surface area contributed by atoms with Gasteiger partial charge in [-0.25, -0.2) is 4.98 Å². The molecule has 1 aromatic heterocycles. The van der Waals surface area contributed by atoms with Crippen LogP contribution in [0.2, 0.25) is 0 Å². The lowest BCUT2D eigenvalue weighted by Crippen LogP contribution is -2.34. The van der Waals surface area contributed by atoms with Crippen LogP contribution in [0.1, 0.15) is 19.7 Å². The number of allylic oxidation sites excluding steroid dienone is 1. The van der Waals surface area contributed by atoms with Crippen molar-refractivity contribution in [3.8, 4) is 6.07 Å². The predicted octanol–water partition coefficient (Wildman–Crippen LogP) is 2.76. The third-order valence-electron chi connectivity index (χ3n) is 2.58. The van der Waals surface area contributed by atoms with E-state index in [1.54, 1.807) is 18.5 Å². The van der Waals surface area contributed by atoms with Gasteiger partial charge in [0.1, 0.15) is 17.5 Å². The molecule has 0 spiro atoms. The number of imidazole rings is 1. The highest BCUT2D eigenvalue weighted by Gasteiger charge is 2.14. The summed E-state index contributed by atoms with van der Waals surface area (Å²) in [5.74, 6) is 0.0296. The van der Waals surface area contributed by atoms with Crippen molar-refractivity contribution in [1.82, 2.24) is 15.3 Å². The van der Waals surface area contributed by atoms with Crippen LogP contribution < -0.4 is 5.32 Å². The Morgan fingerprint density at radius 2 is 2.24 bits per heavy atom. The molecule has 1 atom stereocenters. The van der Waals surface area contributed by atoms with Crippen LogP contribution in [-0.4, -0.2) is 21.9 Å². The minimum atomic E-state index is -0.437. The quantitative estimate of drug-likeness (QED) is 0.377. The van der Waals surface area contributed by atoms with Crippen LogP contribution in [0.25, 0.3) is 6.08 Å². The maximum atomic E-state index is 11.9. The lowest BCUT2D eigenvalue weighted by molar-refractivity contribution is -0.117. The van der Waals surface area contributed by atoms with E-state index in [0.717, 1.165) is 5.57 Å². The first kappa shape index (κ1) is 18.1. The van der Waals surface area contributed by atoms with Crippen molar-refractivity contribution in [3.05, 3.63) is 61.3 Å². The fraction of sp³-hybridized carbons (Fsp3) is 0.188. The standard InChI is InChI=1S/C14H16N4O.C2H4/c1-4-11(5-2)10(3)18-14(19)12(9-15)8-13-16-6-7-17-13;1-2/h4-8,10H,1H2,2-3H3,(H,16,17)(H,18,19);1-2H2/b11-5+,12-8+;. The van der Waals surface area contributed by atoms with Gasteiger partial charge in [0, 0.05) is 18.5 Å². The summed E-state index contributed by atoms with van der Waals surface area (Å²) < 4.78 is 0. The Labute approximate surface area is 125 Å². The molecule has 5 heteroatoms. The number of hydrogen-bond acceptors (Lipinski definition) is 3. The van der Waals surface area contributed by atoms with E-state index in [1.807, 2.05) is 26.0 Å². The Bertz CT molecular complexity index is 562. The molecule has 1 heterocycles. The normalized spacial score (nSPS) is 12.4. The SMILES string of the molecule is C=C.C=C/C(=C\C)C(C)NC(=O)/C(C#N)=C/c1ncc[nH]1. The summed E-state index contributed by atoms with van der Waals surface area (Å²) >= 11 is 0. The van der Waals surface area contributed by atoms with E-state index in [0.29, 0.717) is 5.82 Å². The molecular formula is C16H20N4O. The van der Waals surface area contributed by atoms with Crippen molar-refractivity contribution in [3.63, 3.8) is 0 Å². The van der Waals surface area contributed by atoms with Crippen molar-refractivity contribution in [2.75, 3.05) is 0 Å². The molecule has 0 aliphatic rings. The number of H-pyrrole nitrogens is 1. The van der Waals surface area contributed by atoms with Crippen molar-refractivity contribution < 1.29 is 4.79 Å². The summed E-state index contributed by atoms with van der Waals surface area (Å²) in [5, 5.41) is 11.7. The van der Waals surface area contributed by atoms with E-state index < -0.39 is 5.91 Å². The van der Waals surface area contributed by atoms with Gasteiger partial charge in [0.2, 0.25) is 0 Å². The van der Waals surface area contributed by atoms with Crippen LogP contribution in [0.3, 0.4) is 0 Å². The van der Waals surface area contributed by atoms with Crippen molar-refractivity contribution >= 4 is 12.0 Å². The van der Waals surface area contributed by atoms with Crippen LogP contribution in [0.15, 0.2) is 55.4 Å². The summed E-state index contributed by atoms with van der Waals surface area (Å²) in [6.07, 6.45) is 8.12. The first-order valence-corrected chi connectivity index (χ1v) is 6.33. The Hall–Kier alpha value is -2.87. The maximum absolute atomic E-state index is 11.9. The number of amides is 1. The minimum Gasteiger partial charge on any atom is -0.345 e. The minimum absolute atomic E-state index is 0.00122. The Morgan fingerprint density at radius 3 is 2.67 bits per heavy atom. The third kappa shape index (κ3) is 5.74. The van der Waals surface area contributed by atoms with E-state index in [9.17, 15) is 4.79 Å². The zero-order valence-corrected chi connectivity index (χ0v) is 12.4. The second kappa shape index (κ2) is 9.98. The van der Waals surface area contributed by atoms with Gasteiger partial charge in [0.15, 0.2) is 0 Å². The van der Waals surface area contributed by atoms with E-state index in [2.05, 4.69) is 35.0 Å². The number of rotatable bonds is 5. The molecule has 1 aromatic rings. The van der Waals surface area contributed by atoms with Crippen molar-refractivity contribution in [2.24, 2.45) is 0 Å². The van der Waals surface area contributed by atoms with Crippen LogP contribution in [0.5, 0.6) is 0 Å². The fourth-order valence-electron chi connectivity index (χ4n) is 1.54. The van der Waals surface area contributed by atoms with Crippen molar-refractivity contribution in [2.45, 2.75) is 19.9 Å². The lowest BCUT2D eigenvalue weighted by Gasteiger charge is -2.14. The molecule has 0 aliphatic heterocycles. The number of carbonyl (C=O) groups excluding carboxylic acids is 1. The number of carbonyl (C=O) groups is 1. The number of nitriles is 1. The first-order chi connectivity index (χ1) is 10.1. The molecule has 0 fully saturated rings. The van der Waals surface area contributed by atoms with Gasteiger partial charge in [-0.1, -0.05) is 18.7 Å². The van der Waals surface area contributed by atoms with Gasteiger partial charge in [-0.15, -0.1) is 13.2 Å². The molecule has 1 unspecified atom stereocenters. The third-order valence-corrected chi connectivity index (χ3v) is 2.58. The van der Waals surface area contributed by atoms with Crippen molar-refractivity contribution in [1.29, 1.82) is 5.26 Å². The molecule has 5 nitrogen and oxygen atoms in total. The number of aromatic nitrogens is 2. The monoisotopic (exact) mass is 284 g/mol. The zero-order valence-electron chi connectivity index (χ0n) is 12.4. The van der Waals surface area contributed by atoms with Gasteiger partial charge in [0.25, 0.3) is 5.91 Å². The van der Waals surface area contributed by atoms with Crippen LogP contribution in [0.4, 0.5) is 0 Å². The zero-order chi connectivity index (χ0) is 16.3. The molecule has 0 radical (unpaired) electrons. The predicted molar refractivity (Wildman–Crippen MR) is 85.0 cm³/mol. The number of aromatic amines is 1. The molecule has 21 heavy (non-hydrogen) atoms. The van der Waals surface area contributed by atoms with Gasteiger partial charge in [-0.05, 0) is 19.4 Å². The second-order valence-electron chi connectivity index (χ2n) is 3.83. The van der Waals surface area contributed by atoms with E-state index in [-0.39, 0.29) is 11.6 Å². The number of nitrogens with zero attached hydrogens (tertiary/aromatic N) is 2. The largest absolute Gasteiger partial charge is 0.345 e. The van der Waals surface area contributed by atoms with Gasteiger partial charge >= 0.3 is 0 Å². The van der Waals surface area contributed by atoms with Crippen LogP contribution in [-0.2, 0) is 4.79 Å². The molecule has 0 saturated heterocycles. The molecular weight excluding hydrogens is 264 g/mol. The van der Waals surface area contributed by atoms with E-state index >= 15 is 0 Å². The summed E-state index contributed by atoms with van der Waals surface area (Å²) in [5.41, 5.74) is 0.893. The molecule has 0 bridgehead atoms. The molecule has 2 N–H and O–H groups in total. The second-order valence-corrected chi connectivity index (χ2v) is 3.83. The summed E-state index contributed by atoms with van der Waals surface area (Å²) in [7, 11) is 0. The molecule has 0 aromatic carbocycles. The van der Waals surface area contributed by atoms with E-state index in [4.69, 9.17) is 5.26 Å². The van der Waals surface area contributed by atoms with Gasteiger partial charge in [-0.3, -0.25) is 4.79 Å². The smallest absolute Gasteiger partial charge is 0.262 e. The highest BCUT2D eigenvalue weighted by atomic mass is 16.1. The molecule has 1 rings (SSSR count). The average molecular weight is 284 g/mol. The fourth-order valence-corrected chi connectivity index (χ4v) is 1.54. The lowest BCUT2D eigenvalue weighted by atomic mass is 10.1. The summed E-state index contributed by atoms with van der Waals surface area (Å²) in [6, 6.07) is 1.66. The molecule has 1 amide bonds. The van der Waals surface area contributed by atoms with Gasteiger partial charge < -0.3 is 10.3 Å². The Balaban J connectivity index is 0.00000191. The molecule has 0 aliphatic carbocycles. The van der Waals surface area contributed by atoms with Gasteiger partial charge in [0.05, 0.1) is 6.04 Å². The highest BCUT2D eigenvalue weighted by Crippen LogP contribution is 2.06. The van der Waals surface area contributed by atoms with E-state index in [1.165, 1.54) is 6.08 Å². The molecule has 110 valence electrons. The van der Waals surface area contributed by atoms with Crippen LogP contribution in [0, 0.1) is 11.3 Å². The average Bonchev–Trinajstić information content (AvgIpc) is 3.01. The highest BCUT2D eigenvalue weighted by molar-refractivity contribution is 6.01. The first-order valence-electron chi connectivity index (χ1n) is 6.33. The number of hydrogen-bond donors (Lipinski definition) is 2. The summed E-state index contributed by atoms with van der Waals surface area (Å²) in [6.45, 7) is 13.4. The van der Waals surface area contributed by atoms with Gasteiger partial charge in [-0.2, -0.15) is 5.26 Å².